The van der Waals surface area contributed by atoms with Crippen LogP contribution in [0.3, 0.4) is 0 Å². The fraction of sp³-hybridized carbons (Fsp3) is 0.455. The fourth-order valence-electron chi connectivity index (χ4n) is 3.81. The second kappa shape index (κ2) is 8.63. The number of aromatic nitrogens is 1. The fourth-order valence-corrected chi connectivity index (χ4v) is 4.98. The highest BCUT2D eigenvalue weighted by Gasteiger charge is 2.18. The monoisotopic (exact) mass is 508 g/mol. The van der Waals surface area contributed by atoms with E-state index in [0.29, 0.717) is 0 Å². The molecule has 6 heteroatoms. The highest BCUT2D eigenvalue weighted by molar-refractivity contribution is 7.21. The van der Waals surface area contributed by atoms with Crippen molar-refractivity contribution in [1.29, 1.82) is 0 Å². The average Bonchev–Trinajstić information content (AvgIpc) is 2.66. The average molecular weight is 508 g/mol. The number of benzene rings is 2. The van der Waals surface area contributed by atoms with Gasteiger partial charge in [-0.2, -0.15) is 0 Å². The van der Waals surface area contributed by atoms with Gasteiger partial charge < -0.3 is 33.8 Å². The third-order valence-corrected chi connectivity index (χ3v) is 6.66. The van der Waals surface area contributed by atoms with Crippen LogP contribution < -0.4 is 38.8 Å². The maximum atomic E-state index is 5.11. The first-order chi connectivity index (χ1) is 13.0. The Labute approximate surface area is 188 Å². The molecule has 0 radical (unpaired) electrons. The Morgan fingerprint density at radius 1 is 1.07 bits per heavy atom. The van der Waals surface area contributed by atoms with E-state index >= 15 is 0 Å². The Morgan fingerprint density at radius 2 is 1.79 bits per heavy atom. The lowest BCUT2D eigenvalue weighted by Gasteiger charge is -2.34. The van der Waals surface area contributed by atoms with Crippen LogP contribution in [0.15, 0.2) is 24.3 Å². The van der Waals surface area contributed by atoms with Crippen LogP contribution in [-0.2, 0) is 6.42 Å². The minimum absolute atomic E-state index is 0. The predicted octanol–water partition coefficient (Wildman–Crippen LogP) is 0.0595. The summed E-state index contributed by atoms with van der Waals surface area (Å²) < 4.78 is 3.47. The van der Waals surface area contributed by atoms with E-state index in [1.165, 1.54) is 31.7 Å². The van der Waals surface area contributed by atoms with Crippen LogP contribution in [0.2, 0.25) is 0 Å². The van der Waals surface area contributed by atoms with Crippen LogP contribution in [0.5, 0.6) is 0 Å². The van der Waals surface area contributed by atoms with Gasteiger partial charge in [0.25, 0.3) is 0 Å². The first-order valence-corrected chi connectivity index (χ1v) is 10.6. The number of halogens is 1. The summed E-state index contributed by atoms with van der Waals surface area (Å²) >= 11 is 1.88. The third kappa shape index (κ3) is 4.04. The van der Waals surface area contributed by atoms with Crippen LogP contribution in [0.4, 0.5) is 5.69 Å². The van der Waals surface area contributed by atoms with Crippen molar-refractivity contribution in [2.45, 2.75) is 20.3 Å². The first kappa shape index (κ1) is 21.5. The molecule has 4 rings (SSSR count). The quantitative estimate of drug-likeness (QED) is 0.278. The highest BCUT2D eigenvalue weighted by atomic mass is 127. The van der Waals surface area contributed by atoms with Crippen molar-refractivity contribution in [3.63, 3.8) is 0 Å². The van der Waals surface area contributed by atoms with Crippen molar-refractivity contribution in [3.05, 3.63) is 40.7 Å². The lowest BCUT2D eigenvalue weighted by Crippen LogP contribution is -3.00. The van der Waals surface area contributed by atoms with Gasteiger partial charge in [-0.05, 0) is 43.7 Å². The van der Waals surface area contributed by atoms with E-state index in [0.717, 1.165) is 43.8 Å². The van der Waals surface area contributed by atoms with Gasteiger partial charge in [-0.25, -0.2) is 9.56 Å². The Hall–Kier alpha value is -1.25. The minimum Gasteiger partial charge on any atom is -1.00 e. The molecule has 1 aliphatic carbocycles. The van der Waals surface area contributed by atoms with Gasteiger partial charge in [-0.3, -0.25) is 0 Å². The van der Waals surface area contributed by atoms with Crippen LogP contribution in [0.25, 0.3) is 20.8 Å². The summed E-state index contributed by atoms with van der Waals surface area (Å²) in [6.07, 6.45) is 1.00. The van der Waals surface area contributed by atoms with Crippen LogP contribution in [-0.4, -0.2) is 57.2 Å². The van der Waals surface area contributed by atoms with Gasteiger partial charge >= 0.3 is 0 Å². The lowest BCUT2D eigenvalue weighted by atomic mass is 10.1. The molecule has 1 aromatic rings. The molecular formula is C22H29IN4S. The predicted molar refractivity (Wildman–Crippen MR) is 117 cm³/mol. The zero-order valence-corrected chi connectivity index (χ0v) is 20.4. The molecule has 150 valence electrons. The van der Waals surface area contributed by atoms with E-state index in [-0.39, 0.29) is 24.0 Å². The van der Waals surface area contributed by atoms with Gasteiger partial charge in [0.1, 0.15) is 14.1 Å². The zero-order chi connectivity index (χ0) is 19.1. The van der Waals surface area contributed by atoms with Crippen molar-refractivity contribution in [2.75, 3.05) is 52.2 Å². The molecule has 0 saturated carbocycles. The van der Waals surface area contributed by atoms with Crippen molar-refractivity contribution in [2.24, 2.45) is 0 Å². The molecule has 1 saturated heterocycles. The molecule has 2 aliphatic heterocycles. The largest absolute Gasteiger partial charge is 1.00 e. The standard InChI is InChI=1S/C22H29N4S.HI/c1-6-16-12-17(24(3)4)13-20-22(16)23-21-15(2)11-18(14-19(21)27-20)26-9-7-25(5)8-10-26;/h11-14H,6-10H2,1-5H3;1H/q+1;/p-1. The van der Waals surface area contributed by atoms with Crippen molar-refractivity contribution >= 4 is 27.2 Å². The first-order valence-electron chi connectivity index (χ1n) is 9.78. The molecule has 0 amide bonds. The third-order valence-electron chi connectivity index (χ3n) is 5.60. The summed E-state index contributed by atoms with van der Waals surface area (Å²) in [4.78, 5) is 11.3. The number of anilines is 1. The molecule has 0 atom stereocenters. The number of hydrogen-bond acceptors (Lipinski definition) is 4. The molecule has 2 heterocycles. The number of aryl methyl sites for hydroxylation is 2. The molecule has 0 N–H and O–H groups in total. The Balaban J connectivity index is 0.00000225. The summed E-state index contributed by atoms with van der Waals surface area (Å²) in [7, 11) is 6.42. The number of piperazine rings is 1. The van der Waals surface area contributed by atoms with E-state index in [9.17, 15) is 0 Å². The van der Waals surface area contributed by atoms with Crippen LogP contribution >= 0.6 is 11.3 Å². The summed E-state index contributed by atoms with van der Waals surface area (Å²) in [5.41, 5.74) is 6.26. The van der Waals surface area contributed by atoms with Crippen LogP contribution in [0, 0.1) is 6.92 Å². The Kier molecular flexibility index (Phi) is 6.61. The summed E-state index contributed by atoms with van der Waals surface area (Å²) in [6.45, 7) is 8.86. The molecule has 3 aliphatic rings. The van der Waals surface area contributed by atoms with Crippen molar-refractivity contribution in [3.8, 4) is 10.6 Å². The molecule has 4 nitrogen and oxygen atoms in total. The molecule has 1 aromatic carbocycles. The summed E-state index contributed by atoms with van der Waals surface area (Å²) in [6, 6.07) is 9.23. The Bertz CT molecular complexity index is 1030. The second-order valence-electron chi connectivity index (χ2n) is 7.81. The topological polar surface area (TPSA) is 22.4 Å². The van der Waals surface area contributed by atoms with E-state index in [4.69, 9.17) is 4.98 Å². The zero-order valence-electron chi connectivity index (χ0n) is 17.4. The number of fused-ring (bicyclic) bond motifs is 2. The smallest absolute Gasteiger partial charge is 0.201 e. The van der Waals surface area contributed by atoms with Gasteiger partial charge in [0.15, 0.2) is 0 Å². The number of rotatable bonds is 2. The number of nitrogens with zero attached hydrogens (tertiary/aromatic N) is 4. The van der Waals surface area contributed by atoms with Crippen molar-refractivity contribution in [1.82, 2.24) is 14.5 Å². The number of hydrogen-bond donors (Lipinski definition) is 0. The SMILES string of the molecule is CCc1cc(=[N+](C)C)cc2sc3cc(N4CCN(C)CC4)cc(C)c3nc1-2.[I-]. The molecule has 0 spiro atoms. The van der Waals surface area contributed by atoms with Crippen LogP contribution in [0.1, 0.15) is 18.1 Å². The molecule has 1 fully saturated rings. The number of likely N-dealkylation sites (N-methyl/N-ethyl adjacent to an activating group) is 1. The van der Waals surface area contributed by atoms with Gasteiger partial charge in [-0.15, -0.1) is 11.3 Å². The van der Waals surface area contributed by atoms with Gasteiger partial charge in [0.2, 0.25) is 5.36 Å². The maximum Gasteiger partial charge on any atom is 0.201 e. The van der Waals surface area contributed by atoms with E-state index in [1.54, 1.807) is 0 Å². The molecular weight excluding hydrogens is 479 g/mol. The lowest BCUT2D eigenvalue weighted by molar-refractivity contribution is -0.00000560. The van der Waals surface area contributed by atoms with E-state index in [1.807, 2.05) is 11.3 Å². The normalized spacial score (nSPS) is 15.1. The van der Waals surface area contributed by atoms with Gasteiger partial charge in [-0.1, -0.05) is 6.92 Å². The van der Waals surface area contributed by atoms with Gasteiger partial charge in [0, 0.05) is 44.0 Å². The van der Waals surface area contributed by atoms with Crippen molar-refractivity contribution < 1.29 is 24.0 Å². The molecule has 0 aromatic heterocycles. The summed E-state index contributed by atoms with van der Waals surface area (Å²) in [5.74, 6) is 0. The molecule has 0 bridgehead atoms. The molecule has 0 unspecified atom stereocenters. The highest BCUT2D eigenvalue weighted by Crippen LogP contribution is 2.35. The summed E-state index contributed by atoms with van der Waals surface area (Å²) in [5, 5.41) is 1.25. The molecule has 28 heavy (non-hydrogen) atoms. The Morgan fingerprint density at radius 3 is 2.43 bits per heavy atom. The minimum atomic E-state index is 0. The van der Waals surface area contributed by atoms with E-state index < -0.39 is 0 Å². The van der Waals surface area contributed by atoms with E-state index in [2.05, 4.69) is 73.6 Å². The van der Waals surface area contributed by atoms with Gasteiger partial charge in [0.05, 0.1) is 20.8 Å². The second-order valence-corrected chi connectivity index (χ2v) is 8.90. The maximum absolute atomic E-state index is 5.11.